The Morgan fingerprint density at radius 3 is 1.10 bits per heavy atom. The zero-order valence-electron chi connectivity index (χ0n) is 12.5. The number of rotatable bonds is 3. The van der Waals surface area contributed by atoms with E-state index in [4.69, 9.17) is 0 Å². The fourth-order valence-electron chi connectivity index (χ4n) is 2.32. The Morgan fingerprint density at radius 2 is 0.850 bits per heavy atom. The first kappa shape index (κ1) is 14.8. The van der Waals surface area contributed by atoms with Gasteiger partial charge < -0.3 is 10.2 Å². The van der Waals surface area contributed by atoms with Gasteiger partial charge in [-0.25, -0.2) is 0 Å². The van der Waals surface area contributed by atoms with E-state index in [9.17, 15) is 10.2 Å². The van der Waals surface area contributed by atoms with Gasteiger partial charge in [-0.3, -0.25) is 0 Å². The van der Waals surface area contributed by atoms with E-state index in [1.807, 2.05) is 62.4 Å². The summed E-state index contributed by atoms with van der Waals surface area (Å²) in [4.78, 5) is 0. The van der Waals surface area contributed by atoms with Gasteiger partial charge in [-0.05, 0) is 38.8 Å². The maximum Gasteiger partial charge on any atom is 0.119 e. The Hall–Kier alpha value is -1.64. The summed E-state index contributed by atoms with van der Waals surface area (Å²) in [6.45, 7) is 7.29. The van der Waals surface area contributed by atoms with Crippen molar-refractivity contribution in [3.05, 3.63) is 70.8 Å². The number of hydrogen-bond acceptors (Lipinski definition) is 2. The molecule has 0 saturated heterocycles. The largest absolute Gasteiger partial charge is 0.382 e. The lowest BCUT2D eigenvalue weighted by Crippen LogP contribution is -2.45. The van der Waals surface area contributed by atoms with Crippen LogP contribution >= 0.6 is 0 Å². The van der Waals surface area contributed by atoms with Crippen molar-refractivity contribution in [3.8, 4) is 0 Å². The molecule has 0 bridgehead atoms. The molecule has 0 aliphatic heterocycles. The van der Waals surface area contributed by atoms with Gasteiger partial charge >= 0.3 is 0 Å². The third-order valence-electron chi connectivity index (χ3n) is 4.18. The maximum absolute atomic E-state index is 10.9. The molecule has 2 nitrogen and oxygen atoms in total. The van der Waals surface area contributed by atoms with Gasteiger partial charge in [0.15, 0.2) is 0 Å². The van der Waals surface area contributed by atoms with Crippen LogP contribution in [0.25, 0.3) is 0 Å². The molecule has 2 aromatic carbocycles. The van der Waals surface area contributed by atoms with Gasteiger partial charge in [0, 0.05) is 0 Å². The van der Waals surface area contributed by atoms with Crippen molar-refractivity contribution >= 4 is 0 Å². The van der Waals surface area contributed by atoms with E-state index in [0.717, 1.165) is 11.1 Å². The molecular formula is C18H22O2. The highest BCUT2D eigenvalue weighted by atomic mass is 16.4. The smallest absolute Gasteiger partial charge is 0.119 e. The standard InChI is InChI=1S/C18H22O2/c1-13-5-9-15(10-6-13)17(3,19)18(4,20)16-11-7-14(2)8-12-16/h5-12,19-20H,1-4H3. The van der Waals surface area contributed by atoms with Crippen LogP contribution in [0, 0.1) is 13.8 Å². The summed E-state index contributed by atoms with van der Waals surface area (Å²) in [6, 6.07) is 15.2. The average molecular weight is 270 g/mol. The van der Waals surface area contributed by atoms with Crippen LogP contribution in [0.4, 0.5) is 0 Å². The normalized spacial score (nSPS) is 17.3. The second-order valence-corrected chi connectivity index (χ2v) is 5.88. The van der Waals surface area contributed by atoms with Crippen molar-refractivity contribution in [3.63, 3.8) is 0 Å². The van der Waals surface area contributed by atoms with Gasteiger partial charge in [-0.1, -0.05) is 59.7 Å². The highest BCUT2D eigenvalue weighted by Crippen LogP contribution is 2.40. The molecule has 0 saturated carbocycles. The summed E-state index contributed by atoms with van der Waals surface area (Å²) in [7, 11) is 0. The third kappa shape index (κ3) is 2.49. The molecule has 0 aliphatic rings. The van der Waals surface area contributed by atoms with E-state index in [2.05, 4.69) is 0 Å². The van der Waals surface area contributed by atoms with Crippen molar-refractivity contribution in [1.29, 1.82) is 0 Å². The van der Waals surface area contributed by atoms with Crippen LogP contribution in [-0.2, 0) is 11.2 Å². The van der Waals surface area contributed by atoms with Gasteiger partial charge in [0.25, 0.3) is 0 Å². The van der Waals surface area contributed by atoms with E-state index in [1.54, 1.807) is 13.8 Å². The quantitative estimate of drug-likeness (QED) is 0.897. The Morgan fingerprint density at radius 1 is 0.600 bits per heavy atom. The molecule has 0 amide bonds. The summed E-state index contributed by atoms with van der Waals surface area (Å²) in [5.74, 6) is 0. The minimum atomic E-state index is -1.37. The van der Waals surface area contributed by atoms with Crippen LogP contribution in [-0.4, -0.2) is 10.2 Å². The lowest BCUT2D eigenvalue weighted by atomic mass is 9.75. The van der Waals surface area contributed by atoms with Crippen LogP contribution in [0.2, 0.25) is 0 Å². The molecule has 0 aliphatic carbocycles. The molecule has 2 N–H and O–H groups in total. The van der Waals surface area contributed by atoms with Crippen LogP contribution in [0.3, 0.4) is 0 Å². The van der Waals surface area contributed by atoms with Crippen LogP contribution in [0.15, 0.2) is 48.5 Å². The van der Waals surface area contributed by atoms with Gasteiger partial charge in [-0.15, -0.1) is 0 Å². The van der Waals surface area contributed by atoms with Gasteiger partial charge in [0.05, 0.1) is 0 Å². The zero-order valence-corrected chi connectivity index (χ0v) is 12.5. The molecule has 20 heavy (non-hydrogen) atoms. The molecule has 0 radical (unpaired) electrons. The molecule has 106 valence electrons. The Bertz CT molecular complexity index is 522. The summed E-state index contributed by atoms with van der Waals surface area (Å²) >= 11 is 0. The Balaban J connectivity index is 2.45. The highest BCUT2D eigenvalue weighted by molar-refractivity contribution is 5.35. The molecule has 0 fully saturated rings. The zero-order chi connectivity index (χ0) is 15.0. The van der Waals surface area contributed by atoms with Crippen LogP contribution in [0.1, 0.15) is 36.1 Å². The fourth-order valence-corrected chi connectivity index (χ4v) is 2.32. The minimum absolute atomic E-state index is 0.702. The van der Waals surface area contributed by atoms with Gasteiger partial charge in [0.2, 0.25) is 0 Å². The topological polar surface area (TPSA) is 40.5 Å². The lowest BCUT2D eigenvalue weighted by Gasteiger charge is -2.39. The predicted molar refractivity (Wildman–Crippen MR) is 81.5 cm³/mol. The first-order chi connectivity index (χ1) is 9.25. The molecule has 2 heteroatoms. The number of benzene rings is 2. The van der Waals surface area contributed by atoms with E-state index in [-0.39, 0.29) is 0 Å². The summed E-state index contributed by atoms with van der Waals surface area (Å²) in [5, 5.41) is 21.8. The van der Waals surface area contributed by atoms with Gasteiger partial charge in [0.1, 0.15) is 11.2 Å². The first-order valence-electron chi connectivity index (χ1n) is 6.84. The van der Waals surface area contributed by atoms with Crippen molar-refractivity contribution in [1.82, 2.24) is 0 Å². The molecule has 0 aromatic heterocycles. The predicted octanol–water partition coefficient (Wildman–Crippen LogP) is 3.42. The van der Waals surface area contributed by atoms with Crippen molar-refractivity contribution in [2.24, 2.45) is 0 Å². The molecule has 2 rings (SSSR count). The minimum Gasteiger partial charge on any atom is -0.382 e. The van der Waals surface area contributed by atoms with E-state index in [1.165, 1.54) is 0 Å². The second-order valence-electron chi connectivity index (χ2n) is 5.88. The first-order valence-corrected chi connectivity index (χ1v) is 6.84. The van der Waals surface area contributed by atoms with Crippen LogP contribution in [0.5, 0.6) is 0 Å². The number of aliphatic hydroxyl groups is 2. The van der Waals surface area contributed by atoms with E-state index >= 15 is 0 Å². The fraction of sp³-hybridized carbons (Fsp3) is 0.333. The average Bonchev–Trinajstić information content (AvgIpc) is 2.39. The molecule has 2 aromatic rings. The van der Waals surface area contributed by atoms with Crippen molar-refractivity contribution in [2.45, 2.75) is 38.9 Å². The van der Waals surface area contributed by atoms with Gasteiger partial charge in [-0.2, -0.15) is 0 Å². The molecule has 2 atom stereocenters. The van der Waals surface area contributed by atoms with Crippen molar-refractivity contribution < 1.29 is 10.2 Å². The summed E-state index contributed by atoms with van der Waals surface area (Å²) < 4.78 is 0. The molecular weight excluding hydrogens is 248 g/mol. The van der Waals surface area contributed by atoms with Crippen LogP contribution < -0.4 is 0 Å². The van der Waals surface area contributed by atoms with E-state index in [0.29, 0.717) is 11.1 Å². The Labute approximate surface area is 120 Å². The second kappa shape index (κ2) is 5.04. The number of hydrogen-bond donors (Lipinski definition) is 2. The summed E-state index contributed by atoms with van der Waals surface area (Å²) in [6.07, 6.45) is 0. The number of aryl methyl sites for hydroxylation is 2. The lowest BCUT2D eigenvalue weighted by molar-refractivity contribution is -0.143. The monoisotopic (exact) mass is 270 g/mol. The molecule has 2 unspecified atom stereocenters. The highest BCUT2D eigenvalue weighted by Gasteiger charge is 2.44. The molecule has 0 spiro atoms. The maximum atomic E-state index is 10.9. The SMILES string of the molecule is Cc1ccc(C(C)(O)C(C)(O)c2ccc(C)cc2)cc1. The third-order valence-corrected chi connectivity index (χ3v) is 4.18. The summed E-state index contributed by atoms with van der Waals surface area (Å²) in [5.41, 5.74) is 0.924. The van der Waals surface area contributed by atoms with Crippen molar-refractivity contribution in [2.75, 3.05) is 0 Å². The van der Waals surface area contributed by atoms with E-state index < -0.39 is 11.2 Å². The molecule has 0 heterocycles. The Kier molecular flexibility index (Phi) is 3.72.